The van der Waals surface area contributed by atoms with E-state index in [1.54, 1.807) is 48.5 Å². The normalized spacial score (nSPS) is 13.1. The molecule has 0 saturated heterocycles. The van der Waals surface area contributed by atoms with Crippen LogP contribution < -0.4 is 14.2 Å². The lowest BCUT2D eigenvalue weighted by atomic mass is 10.3. The Hall–Kier alpha value is -2.28. The summed E-state index contributed by atoms with van der Waals surface area (Å²) in [4.78, 5) is 0. The molecule has 3 N–H and O–H groups in total. The van der Waals surface area contributed by atoms with Crippen molar-refractivity contribution in [3.8, 4) is 23.0 Å². The van der Waals surface area contributed by atoms with Gasteiger partial charge in [0.1, 0.15) is 42.3 Å². The SMILES string of the molecule is CCC(O)COc1ccc(Oc2ccc(OCC(O)CO)cc2)cc1. The van der Waals surface area contributed by atoms with E-state index in [0.717, 1.165) is 0 Å². The number of benzene rings is 2. The molecule has 136 valence electrons. The summed E-state index contributed by atoms with van der Waals surface area (Å²) in [5, 5.41) is 27.5. The molecule has 6 nitrogen and oxygen atoms in total. The molecule has 0 spiro atoms. The van der Waals surface area contributed by atoms with E-state index in [2.05, 4.69) is 0 Å². The Morgan fingerprint density at radius 2 is 1.12 bits per heavy atom. The predicted molar refractivity (Wildman–Crippen MR) is 93.3 cm³/mol. The van der Waals surface area contributed by atoms with Crippen LogP contribution in [0, 0.1) is 0 Å². The number of hydrogen-bond acceptors (Lipinski definition) is 6. The van der Waals surface area contributed by atoms with Crippen molar-refractivity contribution in [2.24, 2.45) is 0 Å². The fourth-order valence-electron chi connectivity index (χ4n) is 1.90. The van der Waals surface area contributed by atoms with Gasteiger partial charge >= 0.3 is 0 Å². The van der Waals surface area contributed by atoms with Crippen LogP contribution >= 0.6 is 0 Å². The van der Waals surface area contributed by atoms with E-state index in [0.29, 0.717) is 29.4 Å². The van der Waals surface area contributed by atoms with Crippen LogP contribution in [0.25, 0.3) is 0 Å². The molecule has 0 bridgehead atoms. The maximum Gasteiger partial charge on any atom is 0.127 e. The first-order valence-electron chi connectivity index (χ1n) is 8.21. The maximum absolute atomic E-state index is 9.49. The summed E-state index contributed by atoms with van der Waals surface area (Å²) in [7, 11) is 0. The fraction of sp³-hybridized carbons (Fsp3) is 0.368. The highest BCUT2D eigenvalue weighted by molar-refractivity contribution is 5.37. The Kier molecular flexibility index (Phi) is 7.53. The second-order valence-corrected chi connectivity index (χ2v) is 5.57. The Morgan fingerprint density at radius 3 is 1.52 bits per heavy atom. The van der Waals surface area contributed by atoms with Crippen molar-refractivity contribution in [2.45, 2.75) is 25.6 Å². The molecule has 25 heavy (non-hydrogen) atoms. The highest BCUT2D eigenvalue weighted by atomic mass is 16.5. The smallest absolute Gasteiger partial charge is 0.127 e. The number of rotatable bonds is 10. The van der Waals surface area contributed by atoms with Gasteiger partial charge in [-0.15, -0.1) is 0 Å². The van der Waals surface area contributed by atoms with Gasteiger partial charge in [0.25, 0.3) is 0 Å². The molecule has 0 saturated carbocycles. The van der Waals surface area contributed by atoms with Crippen molar-refractivity contribution in [3.63, 3.8) is 0 Å². The van der Waals surface area contributed by atoms with Gasteiger partial charge in [0.15, 0.2) is 0 Å². The fourth-order valence-corrected chi connectivity index (χ4v) is 1.90. The van der Waals surface area contributed by atoms with E-state index in [9.17, 15) is 10.2 Å². The minimum absolute atomic E-state index is 0.0326. The molecular formula is C19H24O6. The molecule has 2 atom stereocenters. The molecule has 0 radical (unpaired) electrons. The highest BCUT2D eigenvalue weighted by Gasteiger charge is 2.05. The summed E-state index contributed by atoms with van der Waals surface area (Å²) in [6, 6.07) is 14.1. The highest BCUT2D eigenvalue weighted by Crippen LogP contribution is 2.25. The second-order valence-electron chi connectivity index (χ2n) is 5.57. The number of aliphatic hydroxyl groups is 3. The first-order chi connectivity index (χ1) is 12.1. The third kappa shape index (κ3) is 6.62. The van der Waals surface area contributed by atoms with Crippen LogP contribution in [0.15, 0.2) is 48.5 Å². The van der Waals surface area contributed by atoms with Crippen LogP contribution in [0.1, 0.15) is 13.3 Å². The number of ether oxygens (including phenoxy) is 3. The summed E-state index contributed by atoms with van der Waals surface area (Å²) in [5.41, 5.74) is 0. The van der Waals surface area contributed by atoms with Crippen LogP contribution in [-0.2, 0) is 0 Å². The van der Waals surface area contributed by atoms with Crippen molar-refractivity contribution < 1.29 is 29.5 Å². The lowest BCUT2D eigenvalue weighted by Crippen LogP contribution is -2.21. The van der Waals surface area contributed by atoms with Crippen LogP contribution in [-0.4, -0.2) is 47.3 Å². The number of aliphatic hydroxyl groups excluding tert-OH is 3. The van der Waals surface area contributed by atoms with Gasteiger partial charge in [-0.05, 0) is 55.0 Å². The molecule has 0 aliphatic carbocycles. The van der Waals surface area contributed by atoms with E-state index < -0.39 is 12.2 Å². The molecule has 0 fully saturated rings. The lowest BCUT2D eigenvalue weighted by Gasteiger charge is -2.12. The van der Waals surface area contributed by atoms with E-state index in [1.165, 1.54) is 0 Å². The zero-order valence-corrected chi connectivity index (χ0v) is 14.2. The summed E-state index contributed by atoms with van der Waals surface area (Å²) in [6.45, 7) is 1.86. The Morgan fingerprint density at radius 1 is 0.720 bits per heavy atom. The Balaban J connectivity index is 1.85. The van der Waals surface area contributed by atoms with Gasteiger partial charge in [0, 0.05) is 0 Å². The van der Waals surface area contributed by atoms with Crippen LogP contribution in [0.4, 0.5) is 0 Å². The van der Waals surface area contributed by atoms with Gasteiger partial charge in [-0.25, -0.2) is 0 Å². The minimum atomic E-state index is -0.893. The van der Waals surface area contributed by atoms with Crippen LogP contribution in [0.5, 0.6) is 23.0 Å². The zero-order valence-electron chi connectivity index (χ0n) is 14.2. The third-order valence-electron chi connectivity index (χ3n) is 3.45. The molecule has 6 heteroatoms. The van der Waals surface area contributed by atoms with E-state index in [4.69, 9.17) is 19.3 Å². The topological polar surface area (TPSA) is 88.4 Å². The van der Waals surface area contributed by atoms with E-state index in [-0.39, 0.29) is 19.8 Å². The van der Waals surface area contributed by atoms with Gasteiger partial charge in [0.2, 0.25) is 0 Å². The molecule has 2 aromatic rings. The van der Waals surface area contributed by atoms with Gasteiger partial charge in [-0.1, -0.05) is 6.92 Å². The monoisotopic (exact) mass is 348 g/mol. The van der Waals surface area contributed by atoms with Crippen molar-refractivity contribution in [2.75, 3.05) is 19.8 Å². The first-order valence-corrected chi connectivity index (χ1v) is 8.21. The Bertz CT molecular complexity index is 555. The predicted octanol–water partition coefficient (Wildman–Crippen LogP) is 2.36. The van der Waals surface area contributed by atoms with Crippen molar-refractivity contribution in [1.29, 1.82) is 0 Å². The minimum Gasteiger partial charge on any atom is -0.491 e. The lowest BCUT2D eigenvalue weighted by molar-refractivity contribution is 0.0536. The number of hydrogen-bond donors (Lipinski definition) is 3. The molecule has 0 heterocycles. The van der Waals surface area contributed by atoms with E-state index >= 15 is 0 Å². The second kappa shape index (κ2) is 9.88. The summed E-state index contributed by atoms with van der Waals surface area (Å²) < 4.78 is 16.5. The molecule has 0 aliphatic heterocycles. The molecule has 2 unspecified atom stereocenters. The molecular weight excluding hydrogens is 324 g/mol. The van der Waals surface area contributed by atoms with Crippen molar-refractivity contribution in [1.82, 2.24) is 0 Å². The van der Waals surface area contributed by atoms with Crippen molar-refractivity contribution >= 4 is 0 Å². The largest absolute Gasteiger partial charge is 0.491 e. The summed E-state index contributed by atoms with van der Waals surface area (Å²) in [5.74, 6) is 2.56. The van der Waals surface area contributed by atoms with Gasteiger partial charge in [0.05, 0.1) is 12.7 Å². The molecule has 0 amide bonds. The summed E-state index contributed by atoms with van der Waals surface area (Å²) >= 11 is 0. The average Bonchev–Trinajstić information content (AvgIpc) is 2.66. The third-order valence-corrected chi connectivity index (χ3v) is 3.45. The average molecular weight is 348 g/mol. The van der Waals surface area contributed by atoms with Crippen LogP contribution in [0.2, 0.25) is 0 Å². The zero-order chi connectivity index (χ0) is 18.1. The Labute approximate surface area is 147 Å². The van der Waals surface area contributed by atoms with Crippen LogP contribution in [0.3, 0.4) is 0 Å². The maximum atomic E-state index is 9.49. The molecule has 2 aromatic carbocycles. The quantitative estimate of drug-likeness (QED) is 0.611. The summed E-state index contributed by atoms with van der Waals surface area (Å²) in [6.07, 6.45) is -0.704. The first kappa shape index (κ1) is 19.1. The molecule has 2 rings (SSSR count). The van der Waals surface area contributed by atoms with Crippen molar-refractivity contribution in [3.05, 3.63) is 48.5 Å². The molecule has 0 aromatic heterocycles. The van der Waals surface area contributed by atoms with Gasteiger partial charge in [-0.2, -0.15) is 0 Å². The molecule has 0 aliphatic rings. The van der Waals surface area contributed by atoms with E-state index in [1.807, 2.05) is 6.92 Å². The van der Waals surface area contributed by atoms with Gasteiger partial charge in [-0.3, -0.25) is 0 Å². The standard InChI is InChI=1S/C19H24O6/c1-2-14(21)12-23-16-3-7-18(8-4-16)25-19-9-5-17(6-10-19)24-13-15(22)11-20/h3-10,14-15,20-22H,2,11-13H2,1H3. The van der Waals surface area contributed by atoms with Gasteiger partial charge < -0.3 is 29.5 Å².